The molecule has 0 fully saturated rings. The van der Waals surface area contributed by atoms with Crippen molar-refractivity contribution >= 4 is 23.3 Å². The van der Waals surface area contributed by atoms with Crippen molar-refractivity contribution in [3.63, 3.8) is 0 Å². The molecular formula is C14H14N6O. The van der Waals surface area contributed by atoms with Crippen LogP contribution in [-0.4, -0.2) is 51.9 Å². The number of hydrogen-bond donors (Lipinski definition) is 0. The highest BCUT2D eigenvalue weighted by atomic mass is 16.5. The van der Waals surface area contributed by atoms with Crippen LogP contribution in [0.4, 0.5) is 0 Å². The summed E-state index contributed by atoms with van der Waals surface area (Å²) in [7, 11) is 1.62. The van der Waals surface area contributed by atoms with E-state index in [9.17, 15) is 0 Å². The van der Waals surface area contributed by atoms with E-state index in [4.69, 9.17) is 4.74 Å². The molecule has 106 valence electrons. The summed E-state index contributed by atoms with van der Waals surface area (Å²) in [5, 5.41) is 4.38. The molecule has 4 rings (SSSR count). The van der Waals surface area contributed by atoms with Crippen molar-refractivity contribution in [1.82, 2.24) is 19.5 Å². The van der Waals surface area contributed by atoms with Crippen molar-refractivity contribution in [1.29, 1.82) is 0 Å². The maximum absolute atomic E-state index is 5.40. The Balaban J connectivity index is 1.88. The number of fused-ring (bicyclic) bond motifs is 2. The molecule has 0 saturated carbocycles. The van der Waals surface area contributed by atoms with Crippen LogP contribution >= 0.6 is 0 Å². The van der Waals surface area contributed by atoms with Gasteiger partial charge in [0.25, 0.3) is 0 Å². The second-order valence-electron chi connectivity index (χ2n) is 4.91. The Morgan fingerprint density at radius 3 is 3.10 bits per heavy atom. The fourth-order valence-electron chi connectivity index (χ4n) is 2.63. The zero-order valence-corrected chi connectivity index (χ0v) is 11.8. The van der Waals surface area contributed by atoms with Gasteiger partial charge in [0.05, 0.1) is 13.7 Å². The molecule has 2 aromatic heterocycles. The van der Waals surface area contributed by atoms with Crippen molar-refractivity contribution in [2.24, 2.45) is 9.98 Å². The second-order valence-corrected chi connectivity index (χ2v) is 4.91. The molecule has 0 bridgehead atoms. The van der Waals surface area contributed by atoms with Crippen LogP contribution in [0.15, 0.2) is 28.4 Å². The molecule has 2 aliphatic heterocycles. The van der Waals surface area contributed by atoms with E-state index in [0.29, 0.717) is 11.7 Å². The van der Waals surface area contributed by atoms with Gasteiger partial charge in [-0.05, 0) is 13.0 Å². The van der Waals surface area contributed by atoms with Crippen molar-refractivity contribution in [2.75, 3.05) is 20.2 Å². The summed E-state index contributed by atoms with van der Waals surface area (Å²) in [6, 6.07) is 2.00. The molecule has 0 unspecified atom stereocenters. The first kappa shape index (κ1) is 12.1. The third-order valence-electron chi connectivity index (χ3n) is 3.55. The molecule has 0 atom stereocenters. The summed E-state index contributed by atoms with van der Waals surface area (Å²) in [6.45, 7) is 3.50. The van der Waals surface area contributed by atoms with Crippen molar-refractivity contribution in [3.8, 4) is 5.88 Å². The van der Waals surface area contributed by atoms with Gasteiger partial charge in [-0.2, -0.15) is 10.1 Å². The molecule has 0 radical (unpaired) electrons. The first-order chi connectivity index (χ1) is 10.3. The van der Waals surface area contributed by atoms with Gasteiger partial charge in [0, 0.05) is 36.3 Å². The average Bonchev–Trinajstić information content (AvgIpc) is 3.11. The molecule has 2 aliphatic rings. The number of methoxy groups -OCH3 is 1. The Hall–Kier alpha value is -2.70. The smallest absolute Gasteiger partial charge is 0.242 e. The summed E-state index contributed by atoms with van der Waals surface area (Å²) in [4.78, 5) is 15.1. The first-order valence-corrected chi connectivity index (χ1v) is 6.73. The van der Waals surface area contributed by atoms with Gasteiger partial charge in [-0.25, -0.2) is 14.5 Å². The van der Waals surface area contributed by atoms with Crippen LogP contribution in [0.1, 0.15) is 11.4 Å². The lowest BCUT2D eigenvalue weighted by Gasteiger charge is -2.17. The van der Waals surface area contributed by atoms with Gasteiger partial charge in [-0.3, -0.25) is 0 Å². The van der Waals surface area contributed by atoms with Crippen LogP contribution in [0.2, 0.25) is 0 Å². The fourth-order valence-corrected chi connectivity index (χ4v) is 2.63. The second kappa shape index (κ2) is 4.41. The van der Waals surface area contributed by atoms with E-state index in [1.165, 1.54) is 0 Å². The van der Waals surface area contributed by atoms with Gasteiger partial charge in [-0.15, -0.1) is 0 Å². The summed E-state index contributed by atoms with van der Waals surface area (Å²) in [5.41, 5.74) is 2.85. The monoisotopic (exact) mass is 282 g/mol. The lowest BCUT2D eigenvalue weighted by atomic mass is 10.1. The van der Waals surface area contributed by atoms with E-state index in [1.807, 2.05) is 25.4 Å². The summed E-state index contributed by atoms with van der Waals surface area (Å²) in [5.74, 6) is 2.01. The zero-order valence-electron chi connectivity index (χ0n) is 11.8. The maximum atomic E-state index is 5.40. The highest BCUT2D eigenvalue weighted by molar-refractivity contribution is 6.18. The van der Waals surface area contributed by atoms with Gasteiger partial charge < -0.3 is 9.64 Å². The zero-order chi connectivity index (χ0) is 14.4. The van der Waals surface area contributed by atoms with Gasteiger partial charge in [0.15, 0.2) is 0 Å². The van der Waals surface area contributed by atoms with Gasteiger partial charge >= 0.3 is 0 Å². The minimum atomic E-state index is 0.567. The highest BCUT2D eigenvalue weighted by Crippen LogP contribution is 2.28. The normalized spacial score (nSPS) is 17.0. The minimum Gasteiger partial charge on any atom is -0.479 e. The van der Waals surface area contributed by atoms with Crippen LogP contribution in [0.3, 0.4) is 0 Å². The Morgan fingerprint density at radius 2 is 2.24 bits per heavy atom. The van der Waals surface area contributed by atoms with Crippen molar-refractivity contribution < 1.29 is 4.74 Å². The van der Waals surface area contributed by atoms with E-state index >= 15 is 0 Å². The lowest BCUT2D eigenvalue weighted by molar-refractivity contribution is 0.397. The van der Waals surface area contributed by atoms with E-state index in [-0.39, 0.29) is 0 Å². The molecule has 2 aromatic rings. The van der Waals surface area contributed by atoms with Crippen LogP contribution in [0.25, 0.3) is 11.1 Å². The topological polar surface area (TPSA) is 67.4 Å². The number of rotatable bonds is 2. The first-order valence-electron chi connectivity index (χ1n) is 6.73. The molecule has 0 aliphatic carbocycles. The molecule has 0 aromatic carbocycles. The molecular weight excluding hydrogens is 268 g/mol. The number of aromatic nitrogens is 3. The van der Waals surface area contributed by atoms with E-state index < -0.39 is 0 Å². The van der Waals surface area contributed by atoms with Crippen LogP contribution in [0, 0.1) is 6.92 Å². The lowest BCUT2D eigenvalue weighted by Crippen LogP contribution is -2.23. The third kappa shape index (κ3) is 1.81. The SMILES string of the molecule is COc1nc(C)nn2ccc(C3=CN4CCN=C4N=C3)c12. The predicted octanol–water partition coefficient (Wildman–Crippen LogP) is 1.14. The van der Waals surface area contributed by atoms with E-state index in [0.717, 1.165) is 35.7 Å². The Bertz CT molecular complexity index is 816. The van der Waals surface area contributed by atoms with Crippen LogP contribution < -0.4 is 4.74 Å². The summed E-state index contributed by atoms with van der Waals surface area (Å²) in [6.07, 6.45) is 5.80. The van der Waals surface area contributed by atoms with Gasteiger partial charge in [0.1, 0.15) is 11.3 Å². The number of guanidine groups is 1. The Kier molecular flexibility index (Phi) is 2.53. The molecule has 0 N–H and O–H groups in total. The minimum absolute atomic E-state index is 0.567. The number of allylic oxidation sites excluding steroid dienone is 1. The fraction of sp³-hybridized carbons (Fsp3) is 0.286. The standard InChI is InChI=1S/C14H14N6O/c1-9-17-13(21-2)12-11(3-5-20(12)18-9)10-7-16-14-15-4-6-19(14)8-10/h3,5,7-8H,4,6H2,1-2H3. The summed E-state index contributed by atoms with van der Waals surface area (Å²) < 4.78 is 7.19. The maximum Gasteiger partial charge on any atom is 0.242 e. The van der Waals surface area contributed by atoms with E-state index in [2.05, 4.69) is 31.2 Å². The number of hydrogen-bond acceptors (Lipinski definition) is 6. The third-order valence-corrected chi connectivity index (χ3v) is 3.55. The predicted molar refractivity (Wildman–Crippen MR) is 79.8 cm³/mol. The summed E-state index contributed by atoms with van der Waals surface area (Å²) >= 11 is 0. The van der Waals surface area contributed by atoms with Crippen molar-refractivity contribution in [3.05, 3.63) is 29.9 Å². The molecule has 7 heteroatoms. The van der Waals surface area contributed by atoms with Crippen LogP contribution in [-0.2, 0) is 0 Å². The number of nitrogens with zero attached hydrogens (tertiary/aromatic N) is 6. The molecule has 0 spiro atoms. The Labute approximate surface area is 121 Å². The Morgan fingerprint density at radius 1 is 1.33 bits per heavy atom. The average molecular weight is 282 g/mol. The highest BCUT2D eigenvalue weighted by Gasteiger charge is 2.21. The molecule has 0 amide bonds. The van der Waals surface area contributed by atoms with Crippen LogP contribution in [0.5, 0.6) is 5.88 Å². The number of ether oxygens (including phenoxy) is 1. The molecule has 21 heavy (non-hydrogen) atoms. The van der Waals surface area contributed by atoms with Gasteiger partial charge in [0.2, 0.25) is 11.8 Å². The molecule has 7 nitrogen and oxygen atoms in total. The number of aliphatic imine (C=N–C) groups is 2. The van der Waals surface area contributed by atoms with Gasteiger partial charge in [-0.1, -0.05) is 0 Å². The largest absolute Gasteiger partial charge is 0.479 e. The number of aryl methyl sites for hydroxylation is 1. The van der Waals surface area contributed by atoms with Crippen molar-refractivity contribution in [2.45, 2.75) is 6.92 Å². The van der Waals surface area contributed by atoms with E-state index in [1.54, 1.807) is 11.6 Å². The molecule has 4 heterocycles. The molecule has 0 saturated heterocycles. The quantitative estimate of drug-likeness (QED) is 0.828.